The average Bonchev–Trinajstić information content (AvgIpc) is 2.35. The zero-order valence-electron chi connectivity index (χ0n) is 11.0. The molecule has 1 amide bonds. The van der Waals surface area contributed by atoms with E-state index in [0.29, 0.717) is 18.7 Å². The van der Waals surface area contributed by atoms with E-state index in [2.05, 4.69) is 10.3 Å². The lowest BCUT2D eigenvalue weighted by Crippen LogP contribution is -2.20. The largest absolute Gasteiger partial charge is 0.460 e. The van der Waals surface area contributed by atoms with Crippen LogP contribution < -0.4 is 5.32 Å². The molecule has 2 rings (SSSR count). The molecule has 0 fully saturated rings. The SMILES string of the molecule is CC(C)OC(=O)C=Cc1cnc2c(c1)CCC(=O)N2. The maximum Gasteiger partial charge on any atom is 0.331 e. The van der Waals surface area contributed by atoms with Gasteiger partial charge >= 0.3 is 5.97 Å². The molecule has 0 unspecified atom stereocenters. The van der Waals surface area contributed by atoms with Gasteiger partial charge in [-0.2, -0.15) is 0 Å². The Hall–Kier alpha value is -2.17. The molecule has 5 nitrogen and oxygen atoms in total. The van der Waals surface area contributed by atoms with Crippen LogP contribution in [0.3, 0.4) is 0 Å². The van der Waals surface area contributed by atoms with Crippen LogP contribution in [-0.2, 0) is 20.7 Å². The van der Waals surface area contributed by atoms with Gasteiger partial charge in [0.05, 0.1) is 6.10 Å². The number of fused-ring (bicyclic) bond motifs is 1. The number of esters is 1. The lowest BCUT2D eigenvalue weighted by atomic mass is 10.0. The van der Waals surface area contributed by atoms with Crippen molar-refractivity contribution < 1.29 is 14.3 Å². The number of hydrogen-bond acceptors (Lipinski definition) is 4. The quantitative estimate of drug-likeness (QED) is 0.666. The number of hydrogen-bond donors (Lipinski definition) is 1. The topological polar surface area (TPSA) is 68.3 Å². The predicted molar refractivity (Wildman–Crippen MR) is 71.4 cm³/mol. The molecule has 0 bridgehead atoms. The second-order valence-electron chi connectivity index (χ2n) is 4.64. The number of carbonyl (C=O) groups is 2. The Kier molecular flexibility index (Phi) is 3.94. The van der Waals surface area contributed by atoms with Gasteiger partial charge in [0.25, 0.3) is 0 Å². The summed E-state index contributed by atoms with van der Waals surface area (Å²) in [5.74, 6) is 0.225. The summed E-state index contributed by atoms with van der Waals surface area (Å²) in [6.07, 6.45) is 5.67. The molecule has 0 spiro atoms. The van der Waals surface area contributed by atoms with Crippen molar-refractivity contribution in [3.63, 3.8) is 0 Å². The molecule has 0 saturated carbocycles. The number of nitrogens with zero attached hydrogens (tertiary/aromatic N) is 1. The molecule has 19 heavy (non-hydrogen) atoms. The molecule has 1 aromatic heterocycles. The highest BCUT2D eigenvalue weighted by Gasteiger charge is 2.15. The van der Waals surface area contributed by atoms with Gasteiger partial charge in [0.1, 0.15) is 5.82 Å². The zero-order valence-corrected chi connectivity index (χ0v) is 11.0. The van der Waals surface area contributed by atoms with E-state index in [1.54, 1.807) is 26.1 Å². The van der Waals surface area contributed by atoms with Gasteiger partial charge in [0.2, 0.25) is 5.91 Å². The number of aromatic nitrogens is 1. The molecule has 1 aliphatic rings. The standard InChI is InChI=1S/C14H16N2O3/c1-9(2)19-13(18)6-3-10-7-11-4-5-12(17)16-14(11)15-8-10/h3,6-9H,4-5H2,1-2H3,(H,15,16,17). The van der Waals surface area contributed by atoms with Crippen LogP contribution in [0.5, 0.6) is 0 Å². The molecular formula is C14H16N2O3. The summed E-state index contributed by atoms with van der Waals surface area (Å²) in [5.41, 5.74) is 1.80. The van der Waals surface area contributed by atoms with Crippen molar-refractivity contribution >= 4 is 23.8 Å². The lowest BCUT2D eigenvalue weighted by molar-refractivity contribution is -0.141. The first kappa shape index (κ1) is 13.3. The van der Waals surface area contributed by atoms with Crippen LogP contribution in [0.25, 0.3) is 6.08 Å². The second-order valence-corrected chi connectivity index (χ2v) is 4.64. The van der Waals surface area contributed by atoms with E-state index in [9.17, 15) is 9.59 Å². The van der Waals surface area contributed by atoms with Gasteiger partial charge in [-0.05, 0) is 43.5 Å². The Bertz CT molecular complexity index is 535. The number of rotatable bonds is 3. The fourth-order valence-corrected chi connectivity index (χ4v) is 1.80. The van der Waals surface area contributed by atoms with Crippen LogP contribution >= 0.6 is 0 Å². The third kappa shape index (κ3) is 3.64. The minimum absolute atomic E-state index is 0.0104. The molecule has 1 aromatic rings. The first-order chi connectivity index (χ1) is 9.04. The molecule has 1 aliphatic heterocycles. The lowest BCUT2D eigenvalue weighted by Gasteiger charge is -2.15. The van der Waals surface area contributed by atoms with Crippen molar-refractivity contribution in [2.75, 3.05) is 5.32 Å². The van der Waals surface area contributed by atoms with Gasteiger partial charge in [-0.15, -0.1) is 0 Å². The summed E-state index contributed by atoms with van der Waals surface area (Å²) < 4.78 is 5.00. The first-order valence-electron chi connectivity index (χ1n) is 6.22. The summed E-state index contributed by atoms with van der Waals surface area (Å²) in [7, 11) is 0. The molecule has 0 radical (unpaired) electrons. The minimum Gasteiger partial charge on any atom is -0.460 e. The molecule has 0 atom stereocenters. The van der Waals surface area contributed by atoms with Crippen molar-refractivity contribution in [3.05, 3.63) is 29.5 Å². The van der Waals surface area contributed by atoms with Gasteiger partial charge in [-0.3, -0.25) is 4.79 Å². The molecule has 100 valence electrons. The van der Waals surface area contributed by atoms with E-state index < -0.39 is 0 Å². The Balaban J connectivity index is 2.08. The predicted octanol–water partition coefficient (Wildman–Crippen LogP) is 1.93. The number of nitrogens with one attached hydrogen (secondary N) is 1. The van der Waals surface area contributed by atoms with Crippen LogP contribution in [0.4, 0.5) is 5.82 Å². The Labute approximate surface area is 111 Å². The molecule has 0 saturated heterocycles. The third-order valence-corrected chi connectivity index (χ3v) is 2.63. The summed E-state index contributed by atoms with van der Waals surface area (Å²) in [4.78, 5) is 26.7. The van der Waals surface area contributed by atoms with E-state index in [-0.39, 0.29) is 18.0 Å². The van der Waals surface area contributed by atoms with Crippen LogP contribution in [0, 0.1) is 0 Å². The van der Waals surface area contributed by atoms with Crippen molar-refractivity contribution in [1.29, 1.82) is 0 Å². The van der Waals surface area contributed by atoms with E-state index in [1.165, 1.54) is 6.08 Å². The van der Waals surface area contributed by atoms with Gasteiger partial charge in [0.15, 0.2) is 0 Å². The Morgan fingerprint density at radius 2 is 2.26 bits per heavy atom. The van der Waals surface area contributed by atoms with E-state index >= 15 is 0 Å². The summed E-state index contributed by atoms with van der Waals surface area (Å²) in [6.45, 7) is 3.60. The molecule has 1 N–H and O–H groups in total. The van der Waals surface area contributed by atoms with Crippen LogP contribution in [0.1, 0.15) is 31.4 Å². The smallest absolute Gasteiger partial charge is 0.331 e. The van der Waals surface area contributed by atoms with Gasteiger partial charge in [-0.1, -0.05) is 0 Å². The van der Waals surface area contributed by atoms with E-state index in [0.717, 1.165) is 11.1 Å². The van der Waals surface area contributed by atoms with Crippen LogP contribution in [0.2, 0.25) is 0 Å². The third-order valence-electron chi connectivity index (χ3n) is 2.63. The van der Waals surface area contributed by atoms with Gasteiger partial charge in [-0.25, -0.2) is 9.78 Å². The zero-order chi connectivity index (χ0) is 13.8. The number of anilines is 1. The summed E-state index contributed by atoms with van der Waals surface area (Å²) >= 11 is 0. The molecule has 5 heteroatoms. The molecule has 0 aliphatic carbocycles. The van der Waals surface area contributed by atoms with Crippen molar-refractivity contribution in [2.45, 2.75) is 32.8 Å². The van der Waals surface area contributed by atoms with Crippen molar-refractivity contribution in [3.8, 4) is 0 Å². The number of ether oxygens (including phenoxy) is 1. The molecular weight excluding hydrogens is 244 g/mol. The highest BCUT2D eigenvalue weighted by Crippen LogP contribution is 2.21. The molecule has 0 aromatic carbocycles. The maximum atomic E-state index is 11.4. The fourth-order valence-electron chi connectivity index (χ4n) is 1.80. The number of aryl methyl sites for hydroxylation is 1. The van der Waals surface area contributed by atoms with Gasteiger partial charge in [0, 0.05) is 18.7 Å². The van der Waals surface area contributed by atoms with E-state index in [4.69, 9.17) is 4.74 Å². The summed E-state index contributed by atoms with van der Waals surface area (Å²) in [5, 5.41) is 2.71. The van der Waals surface area contributed by atoms with Crippen molar-refractivity contribution in [1.82, 2.24) is 4.98 Å². The second kappa shape index (κ2) is 5.65. The highest BCUT2D eigenvalue weighted by molar-refractivity contribution is 5.93. The molecule has 2 heterocycles. The fraction of sp³-hybridized carbons (Fsp3) is 0.357. The van der Waals surface area contributed by atoms with Crippen molar-refractivity contribution in [2.24, 2.45) is 0 Å². The number of pyridine rings is 1. The highest BCUT2D eigenvalue weighted by atomic mass is 16.5. The average molecular weight is 260 g/mol. The Morgan fingerprint density at radius 1 is 1.47 bits per heavy atom. The normalized spacial score (nSPS) is 14.4. The Morgan fingerprint density at radius 3 is 3.00 bits per heavy atom. The minimum atomic E-state index is -0.374. The van der Waals surface area contributed by atoms with Gasteiger partial charge < -0.3 is 10.1 Å². The van der Waals surface area contributed by atoms with Crippen LogP contribution in [0.15, 0.2) is 18.3 Å². The number of carbonyl (C=O) groups excluding carboxylic acids is 2. The van der Waals surface area contributed by atoms with E-state index in [1.807, 2.05) is 6.07 Å². The van der Waals surface area contributed by atoms with Crippen LogP contribution in [-0.4, -0.2) is 23.0 Å². The monoisotopic (exact) mass is 260 g/mol. The summed E-state index contributed by atoms with van der Waals surface area (Å²) in [6, 6.07) is 1.92. The maximum absolute atomic E-state index is 11.4. The first-order valence-corrected chi connectivity index (χ1v) is 6.22. The number of amides is 1.